The monoisotopic (exact) mass is 408 g/mol. The highest BCUT2D eigenvalue weighted by molar-refractivity contribution is 5.87. The molecule has 1 heterocycles. The van der Waals surface area contributed by atoms with Crippen molar-refractivity contribution in [1.82, 2.24) is 9.97 Å². The van der Waals surface area contributed by atoms with E-state index < -0.39 is 12.1 Å². The topological polar surface area (TPSA) is 90.5 Å². The number of benzene rings is 2. The number of fused-ring (bicyclic) bond motifs is 1. The zero-order valence-electron chi connectivity index (χ0n) is 17.2. The minimum atomic E-state index is -0.709. The van der Waals surface area contributed by atoms with Crippen molar-refractivity contribution in [3.8, 4) is 11.5 Å². The first-order valence-corrected chi connectivity index (χ1v) is 9.79. The predicted octanol–water partition coefficient (Wildman–Crippen LogP) is 4.04. The molecule has 0 fully saturated rings. The second-order valence-corrected chi connectivity index (χ2v) is 6.45. The summed E-state index contributed by atoms with van der Waals surface area (Å²) in [7, 11) is 0. The molecule has 1 atom stereocenters. The molecule has 0 amide bonds. The Morgan fingerprint density at radius 3 is 2.60 bits per heavy atom. The van der Waals surface area contributed by atoms with E-state index in [9.17, 15) is 9.59 Å². The number of ether oxygens (including phenoxy) is 3. The minimum absolute atomic E-state index is 0.271. The van der Waals surface area contributed by atoms with Crippen molar-refractivity contribution < 1.29 is 19.0 Å². The quantitative estimate of drug-likeness (QED) is 0.447. The molecule has 1 N–H and O–H groups in total. The zero-order chi connectivity index (χ0) is 21.5. The van der Waals surface area contributed by atoms with Crippen LogP contribution in [0.2, 0.25) is 0 Å². The number of esters is 1. The summed E-state index contributed by atoms with van der Waals surface area (Å²) in [5, 5.41) is 0.486. The van der Waals surface area contributed by atoms with E-state index in [1.165, 1.54) is 6.08 Å². The van der Waals surface area contributed by atoms with Gasteiger partial charge in [0.25, 0.3) is 5.56 Å². The van der Waals surface area contributed by atoms with Gasteiger partial charge in [0.15, 0.2) is 23.4 Å². The predicted molar refractivity (Wildman–Crippen MR) is 115 cm³/mol. The standard InChI is InChI=1S/C23H24N2O5/c1-4-28-19-12-10-16(14-20(19)29-5-2)11-13-21(26)30-15(3)22-24-18-9-7-6-8-17(18)23(27)25-22/h6-15H,4-5H2,1-3H3,(H,24,25,27)/b13-11+/t15-/m1/s1. The Hall–Kier alpha value is -3.61. The molecule has 0 aliphatic carbocycles. The van der Waals surface area contributed by atoms with E-state index in [0.29, 0.717) is 41.4 Å². The molecular formula is C23H24N2O5. The minimum Gasteiger partial charge on any atom is -0.490 e. The van der Waals surface area contributed by atoms with E-state index in [1.807, 2.05) is 19.9 Å². The molecule has 7 nitrogen and oxygen atoms in total. The summed E-state index contributed by atoms with van der Waals surface area (Å²) < 4.78 is 16.5. The molecule has 0 saturated heterocycles. The average molecular weight is 408 g/mol. The van der Waals surface area contributed by atoms with Gasteiger partial charge in [-0.25, -0.2) is 9.78 Å². The van der Waals surface area contributed by atoms with Crippen molar-refractivity contribution in [2.24, 2.45) is 0 Å². The van der Waals surface area contributed by atoms with Crippen LogP contribution in [0.25, 0.3) is 17.0 Å². The van der Waals surface area contributed by atoms with Gasteiger partial charge in [-0.05, 0) is 56.7 Å². The lowest BCUT2D eigenvalue weighted by molar-refractivity contribution is -0.142. The van der Waals surface area contributed by atoms with Crippen molar-refractivity contribution in [1.29, 1.82) is 0 Å². The van der Waals surface area contributed by atoms with Gasteiger partial charge in [-0.1, -0.05) is 18.2 Å². The Balaban J connectivity index is 1.71. The van der Waals surface area contributed by atoms with Crippen LogP contribution in [0, 0.1) is 0 Å². The fourth-order valence-electron chi connectivity index (χ4n) is 2.90. The third-order valence-electron chi connectivity index (χ3n) is 4.29. The third-order valence-corrected chi connectivity index (χ3v) is 4.29. The number of carbonyl (C=O) groups is 1. The van der Waals surface area contributed by atoms with Gasteiger partial charge in [0, 0.05) is 6.08 Å². The number of nitrogens with one attached hydrogen (secondary N) is 1. The van der Waals surface area contributed by atoms with Crippen LogP contribution in [0.15, 0.2) is 53.3 Å². The fourth-order valence-corrected chi connectivity index (χ4v) is 2.90. The van der Waals surface area contributed by atoms with Gasteiger partial charge < -0.3 is 19.2 Å². The summed E-state index contributed by atoms with van der Waals surface area (Å²) in [6, 6.07) is 12.4. The number of carbonyl (C=O) groups excluding carboxylic acids is 1. The van der Waals surface area contributed by atoms with E-state index in [-0.39, 0.29) is 5.56 Å². The molecule has 2 aromatic carbocycles. The van der Waals surface area contributed by atoms with E-state index in [2.05, 4.69) is 9.97 Å². The number of nitrogens with zero attached hydrogens (tertiary/aromatic N) is 1. The van der Waals surface area contributed by atoms with Crippen LogP contribution in [0.3, 0.4) is 0 Å². The Morgan fingerprint density at radius 1 is 1.10 bits per heavy atom. The first-order chi connectivity index (χ1) is 14.5. The first-order valence-electron chi connectivity index (χ1n) is 9.79. The van der Waals surface area contributed by atoms with Crippen LogP contribution in [-0.4, -0.2) is 29.2 Å². The number of H-pyrrole nitrogens is 1. The number of aromatic nitrogens is 2. The van der Waals surface area contributed by atoms with Crippen LogP contribution in [0.5, 0.6) is 11.5 Å². The molecule has 0 unspecified atom stereocenters. The number of para-hydroxylation sites is 1. The van der Waals surface area contributed by atoms with Gasteiger partial charge in [0.05, 0.1) is 24.1 Å². The van der Waals surface area contributed by atoms with Gasteiger partial charge in [0.1, 0.15) is 0 Å². The Bertz CT molecular complexity index is 1120. The van der Waals surface area contributed by atoms with Crippen molar-refractivity contribution in [2.45, 2.75) is 26.9 Å². The number of rotatable bonds is 8. The molecule has 0 bridgehead atoms. The Labute approximate surface area is 174 Å². The SMILES string of the molecule is CCOc1ccc(/C=C/C(=O)O[C@H](C)c2nc3ccccc3c(=O)[nH]2)cc1OCC. The van der Waals surface area contributed by atoms with Crippen molar-refractivity contribution in [3.63, 3.8) is 0 Å². The van der Waals surface area contributed by atoms with Crippen LogP contribution < -0.4 is 15.0 Å². The number of hydrogen-bond acceptors (Lipinski definition) is 6. The van der Waals surface area contributed by atoms with E-state index in [1.54, 1.807) is 49.4 Å². The lowest BCUT2D eigenvalue weighted by Gasteiger charge is -2.12. The zero-order valence-corrected chi connectivity index (χ0v) is 17.2. The Morgan fingerprint density at radius 2 is 1.83 bits per heavy atom. The fraction of sp³-hybridized carbons (Fsp3) is 0.261. The van der Waals surface area contributed by atoms with Gasteiger partial charge in [-0.2, -0.15) is 0 Å². The molecular weight excluding hydrogens is 384 g/mol. The molecule has 0 aliphatic heterocycles. The number of aromatic amines is 1. The van der Waals surface area contributed by atoms with E-state index >= 15 is 0 Å². The van der Waals surface area contributed by atoms with Crippen LogP contribution in [0.4, 0.5) is 0 Å². The molecule has 156 valence electrons. The maximum absolute atomic E-state index is 12.2. The average Bonchev–Trinajstić information content (AvgIpc) is 2.74. The smallest absolute Gasteiger partial charge is 0.331 e. The molecule has 1 aromatic heterocycles. The molecule has 0 saturated carbocycles. The summed E-state index contributed by atoms with van der Waals surface area (Å²) in [6.45, 7) is 6.48. The van der Waals surface area contributed by atoms with Crippen LogP contribution in [0.1, 0.15) is 38.3 Å². The van der Waals surface area contributed by atoms with Crippen molar-refractivity contribution in [2.75, 3.05) is 13.2 Å². The van der Waals surface area contributed by atoms with Gasteiger partial charge >= 0.3 is 5.97 Å². The van der Waals surface area contributed by atoms with E-state index in [4.69, 9.17) is 14.2 Å². The van der Waals surface area contributed by atoms with Crippen molar-refractivity contribution in [3.05, 3.63) is 70.3 Å². The van der Waals surface area contributed by atoms with Crippen LogP contribution in [-0.2, 0) is 9.53 Å². The maximum atomic E-state index is 12.2. The summed E-state index contributed by atoms with van der Waals surface area (Å²) in [5.74, 6) is 1.01. The maximum Gasteiger partial charge on any atom is 0.331 e. The first kappa shape index (κ1) is 21.1. The summed E-state index contributed by atoms with van der Waals surface area (Å²) in [5.41, 5.74) is 1.04. The normalized spacial score (nSPS) is 12.1. The van der Waals surface area contributed by atoms with Gasteiger partial charge in [-0.3, -0.25) is 4.79 Å². The molecule has 30 heavy (non-hydrogen) atoms. The van der Waals surface area contributed by atoms with Crippen LogP contribution >= 0.6 is 0 Å². The van der Waals surface area contributed by atoms with Gasteiger partial charge in [0.2, 0.25) is 0 Å². The highest BCUT2D eigenvalue weighted by atomic mass is 16.5. The molecule has 0 aliphatic rings. The highest BCUT2D eigenvalue weighted by Gasteiger charge is 2.14. The van der Waals surface area contributed by atoms with Gasteiger partial charge in [-0.15, -0.1) is 0 Å². The summed E-state index contributed by atoms with van der Waals surface area (Å²) >= 11 is 0. The molecule has 0 spiro atoms. The van der Waals surface area contributed by atoms with E-state index in [0.717, 1.165) is 5.56 Å². The largest absolute Gasteiger partial charge is 0.490 e. The molecule has 3 rings (SSSR count). The lowest BCUT2D eigenvalue weighted by atomic mass is 10.2. The third kappa shape index (κ3) is 5.05. The second-order valence-electron chi connectivity index (χ2n) is 6.45. The molecule has 7 heteroatoms. The lowest BCUT2D eigenvalue weighted by Crippen LogP contribution is -2.16. The Kier molecular flexibility index (Phi) is 6.85. The molecule has 0 radical (unpaired) electrons. The molecule has 3 aromatic rings. The number of hydrogen-bond donors (Lipinski definition) is 1. The van der Waals surface area contributed by atoms with Crippen molar-refractivity contribution >= 4 is 22.9 Å². The second kappa shape index (κ2) is 9.73. The highest BCUT2D eigenvalue weighted by Crippen LogP contribution is 2.29. The summed E-state index contributed by atoms with van der Waals surface area (Å²) in [4.78, 5) is 31.5. The summed E-state index contributed by atoms with van der Waals surface area (Å²) in [6.07, 6.45) is 2.24.